The Hall–Kier alpha value is -1.37. The van der Waals surface area contributed by atoms with Gasteiger partial charge in [-0.1, -0.05) is 0 Å². The molecule has 1 fully saturated rings. The van der Waals surface area contributed by atoms with E-state index in [1.807, 2.05) is 0 Å². The summed E-state index contributed by atoms with van der Waals surface area (Å²) in [6, 6.07) is 0.0137. The zero-order valence-corrected chi connectivity index (χ0v) is 10.7. The molecule has 1 saturated heterocycles. The van der Waals surface area contributed by atoms with E-state index in [0.29, 0.717) is 19.0 Å². The van der Waals surface area contributed by atoms with Crippen LogP contribution in [0.3, 0.4) is 0 Å². The molecule has 1 aliphatic heterocycles. The highest BCUT2D eigenvalue weighted by Crippen LogP contribution is 2.17. The van der Waals surface area contributed by atoms with Crippen molar-refractivity contribution in [1.29, 1.82) is 0 Å². The number of aromatic nitrogens is 2. The Morgan fingerprint density at radius 3 is 2.94 bits per heavy atom. The van der Waals surface area contributed by atoms with E-state index < -0.39 is 6.09 Å². The van der Waals surface area contributed by atoms with E-state index in [4.69, 9.17) is 5.11 Å². The topological polar surface area (TPSA) is 78.4 Å². The second-order valence-corrected chi connectivity index (χ2v) is 4.79. The van der Waals surface area contributed by atoms with E-state index in [-0.39, 0.29) is 6.04 Å². The maximum absolute atomic E-state index is 10.9. The predicted octanol–water partition coefficient (Wildman–Crippen LogP) is 1.79. The van der Waals surface area contributed by atoms with E-state index >= 15 is 0 Å². The third kappa shape index (κ3) is 3.06. The highest BCUT2D eigenvalue weighted by Gasteiger charge is 2.28. The summed E-state index contributed by atoms with van der Waals surface area (Å²) in [6.45, 7) is 1.16. The largest absolute Gasteiger partial charge is 0.465 e. The third-order valence-electron chi connectivity index (χ3n) is 2.74. The lowest BCUT2D eigenvalue weighted by Crippen LogP contribution is -2.38. The fourth-order valence-corrected chi connectivity index (χ4v) is 2.12. The van der Waals surface area contributed by atoms with Crippen molar-refractivity contribution in [2.75, 3.05) is 18.4 Å². The molecule has 0 spiro atoms. The molecule has 0 bridgehead atoms. The summed E-state index contributed by atoms with van der Waals surface area (Å²) in [6.07, 6.45) is 4.25. The molecule has 2 rings (SSSR count). The molecule has 1 amide bonds. The number of nitrogens with zero attached hydrogens (tertiary/aromatic N) is 3. The standard InChI is InChI=1S/C10H13BrN4O2/c11-7-4-12-9(13-5-7)14-6-8-2-1-3-15(8)10(16)17/h4-5,8H,1-3,6H2,(H,16,17)(H,12,13,14)/t8-/m0/s1. The molecule has 0 aliphatic carbocycles. The number of rotatable bonds is 3. The van der Waals surface area contributed by atoms with Crippen LogP contribution in [0.25, 0.3) is 0 Å². The fraction of sp³-hybridized carbons (Fsp3) is 0.500. The van der Waals surface area contributed by atoms with E-state index in [2.05, 4.69) is 31.2 Å². The van der Waals surface area contributed by atoms with Gasteiger partial charge >= 0.3 is 6.09 Å². The zero-order valence-electron chi connectivity index (χ0n) is 9.14. The molecule has 0 aromatic carbocycles. The number of amides is 1. The van der Waals surface area contributed by atoms with Gasteiger partial charge in [0.2, 0.25) is 5.95 Å². The maximum Gasteiger partial charge on any atom is 0.407 e. The number of hydrogen-bond acceptors (Lipinski definition) is 4. The smallest absolute Gasteiger partial charge is 0.407 e. The SMILES string of the molecule is O=C(O)N1CCC[C@H]1CNc1ncc(Br)cn1. The molecule has 1 aromatic rings. The molecule has 0 unspecified atom stereocenters. The van der Waals surface area contributed by atoms with Crippen molar-refractivity contribution in [3.05, 3.63) is 16.9 Å². The summed E-state index contributed by atoms with van der Waals surface area (Å²) in [7, 11) is 0. The number of carbonyl (C=O) groups is 1. The molecule has 2 heterocycles. The molecule has 7 heteroatoms. The molecule has 2 N–H and O–H groups in total. The van der Waals surface area contributed by atoms with Gasteiger partial charge in [-0.15, -0.1) is 0 Å². The van der Waals surface area contributed by atoms with Crippen molar-refractivity contribution < 1.29 is 9.90 Å². The van der Waals surface area contributed by atoms with Crippen molar-refractivity contribution in [2.45, 2.75) is 18.9 Å². The fourth-order valence-electron chi connectivity index (χ4n) is 1.91. The minimum absolute atomic E-state index is 0.0137. The number of carboxylic acid groups (broad SMARTS) is 1. The monoisotopic (exact) mass is 300 g/mol. The van der Waals surface area contributed by atoms with Crippen molar-refractivity contribution in [2.24, 2.45) is 0 Å². The lowest BCUT2D eigenvalue weighted by Gasteiger charge is -2.21. The van der Waals surface area contributed by atoms with Crippen molar-refractivity contribution >= 4 is 28.0 Å². The molecule has 0 radical (unpaired) electrons. The van der Waals surface area contributed by atoms with Crippen molar-refractivity contribution in [3.8, 4) is 0 Å². The highest BCUT2D eigenvalue weighted by molar-refractivity contribution is 9.10. The summed E-state index contributed by atoms with van der Waals surface area (Å²) >= 11 is 3.25. The van der Waals surface area contributed by atoms with Gasteiger partial charge in [-0.3, -0.25) is 0 Å². The number of halogens is 1. The van der Waals surface area contributed by atoms with E-state index in [9.17, 15) is 4.79 Å². The van der Waals surface area contributed by atoms with Crippen LogP contribution in [0.2, 0.25) is 0 Å². The summed E-state index contributed by atoms with van der Waals surface area (Å²) < 4.78 is 0.816. The highest BCUT2D eigenvalue weighted by atomic mass is 79.9. The van der Waals surface area contributed by atoms with Crippen LogP contribution in [-0.4, -0.2) is 45.2 Å². The number of anilines is 1. The second-order valence-electron chi connectivity index (χ2n) is 3.88. The van der Waals surface area contributed by atoms with Gasteiger partial charge < -0.3 is 15.3 Å². The van der Waals surface area contributed by atoms with Crippen LogP contribution < -0.4 is 5.32 Å². The van der Waals surface area contributed by atoms with Gasteiger partial charge in [0.1, 0.15) is 0 Å². The van der Waals surface area contributed by atoms with E-state index in [0.717, 1.165) is 17.3 Å². The normalized spacial score (nSPS) is 19.4. The molecule has 1 aromatic heterocycles. The number of likely N-dealkylation sites (tertiary alicyclic amines) is 1. The molecule has 0 saturated carbocycles. The van der Waals surface area contributed by atoms with Gasteiger partial charge in [-0.25, -0.2) is 14.8 Å². The lowest BCUT2D eigenvalue weighted by molar-refractivity contribution is 0.142. The summed E-state index contributed by atoms with van der Waals surface area (Å²) in [5.74, 6) is 0.519. The van der Waals surface area contributed by atoms with Gasteiger partial charge in [0.05, 0.1) is 10.5 Å². The minimum Gasteiger partial charge on any atom is -0.465 e. The van der Waals surface area contributed by atoms with E-state index in [1.54, 1.807) is 12.4 Å². The van der Waals surface area contributed by atoms with Crippen LogP contribution in [0.5, 0.6) is 0 Å². The molecule has 1 aliphatic rings. The first kappa shape index (κ1) is 12.1. The zero-order chi connectivity index (χ0) is 12.3. The molecule has 1 atom stereocenters. The first-order valence-corrected chi connectivity index (χ1v) is 6.17. The Bertz CT molecular complexity index is 398. The Kier molecular flexibility index (Phi) is 3.78. The van der Waals surface area contributed by atoms with Crippen LogP contribution in [-0.2, 0) is 0 Å². The quantitative estimate of drug-likeness (QED) is 0.890. The molecule has 92 valence electrons. The Labute approximate surface area is 107 Å². The Balaban J connectivity index is 1.89. The predicted molar refractivity (Wildman–Crippen MR) is 66.0 cm³/mol. The molecule has 6 nitrogen and oxygen atoms in total. The van der Waals surface area contributed by atoms with Crippen LogP contribution in [0.15, 0.2) is 16.9 Å². The maximum atomic E-state index is 10.9. The minimum atomic E-state index is -0.856. The van der Waals surface area contributed by atoms with Crippen LogP contribution in [0, 0.1) is 0 Å². The van der Waals surface area contributed by atoms with Crippen LogP contribution >= 0.6 is 15.9 Å². The van der Waals surface area contributed by atoms with Gasteiger partial charge in [0.25, 0.3) is 0 Å². The summed E-state index contributed by atoms with van der Waals surface area (Å²) in [5.41, 5.74) is 0. The average Bonchev–Trinajstić information content (AvgIpc) is 2.76. The lowest BCUT2D eigenvalue weighted by atomic mass is 10.2. The van der Waals surface area contributed by atoms with Crippen molar-refractivity contribution in [3.63, 3.8) is 0 Å². The molecular weight excluding hydrogens is 288 g/mol. The van der Waals surface area contributed by atoms with Gasteiger partial charge in [0, 0.05) is 25.5 Å². The van der Waals surface area contributed by atoms with Gasteiger partial charge in [0.15, 0.2) is 0 Å². The molecular formula is C10H13BrN4O2. The van der Waals surface area contributed by atoms with Gasteiger partial charge in [-0.05, 0) is 28.8 Å². The van der Waals surface area contributed by atoms with Gasteiger partial charge in [-0.2, -0.15) is 0 Å². The number of nitrogens with one attached hydrogen (secondary N) is 1. The first-order chi connectivity index (χ1) is 8.16. The average molecular weight is 301 g/mol. The Morgan fingerprint density at radius 2 is 2.29 bits per heavy atom. The van der Waals surface area contributed by atoms with Crippen molar-refractivity contribution in [1.82, 2.24) is 14.9 Å². The van der Waals surface area contributed by atoms with E-state index in [1.165, 1.54) is 4.90 Å². The first-order valence-electron chi connectivity index (χ1n) is 5.38. The number of hydrogen-bond donors (Lipinski definition) is 2. The van der Waals surface area contributed by atoms with Crippen LogP contribution in [0.4, 0.5) is 10.7 Å². The molecule has 17 heavy (non-hydrogen) atoms. The third-order valence-corrected chi connectivity index (χ3v) is 3.15. The Morgan fingerprint density at radius 1 is 1.59 bits per heavy atom. The second kappa shape index (κ2) is 5.31. The van der Waals surface area contributed by atoms with Crippen LogP contribution in [0.1, 0.15) is 12.8 Å². The summed E-state index contributed by atoms with van der Waals surface area (Å²) in [4.78, 5) is 20.5. The summed E-state index contributed by atoms with van der Waals surface area (Å²) in [5, 5.41) is 12.0.